The molecule has 17 heavy (non-hydrogen) atoms. The summed E-state index contributed by atoms with van der Waals surface area (Å²) in [5.74, 6) is -0.158. The number of aryl methyl sites for hydroxylation is 1. The van der Waals surface area contributed by atoms with E-state index >= 15 is 0 Å². The van der Waals surface area contributed by atoms with Crippen LogP contribution in [0.4, 0.5) is 0 Å². The molecule has 4 heteroatoms. The maximum absolute atomic E-state index is 11.6. The minimum Gasteiger partial charge on any atom is -0.320 e. The molecule has 1 unspecified atom stereocenters. The summed E-state index contributed by atoms with van der Waals surface area (Å²) in [6, 6.07) is 7.70. The van der Waals surface area contributed by atoms with Gasteiger partial charge in [0, 0.05) is 14.1 Å². The number of carbonyl (C=O) groups excluding carboxylic acids is 1. The second-order valence-corrected chi connectivity index (χ2v) is 4.35. The minimum absolute atomic E-state index is 0.158. The highest BCUT2D eigenvalue weighted by Crippen LogP contribution is 2.07. The standard InChI is InChI=1S/C13H21N3O/c1-4-10-5-7-11(8-6-10)9-12(14)13(17)15-16(2)3/h5-8,12H,4,9,14H2,1-3H3,(H,15,17). The quantitative estimate of drug-likeness (QED) is 0.739. The van der Waals surface area contributed by atoms with E-state index in [4.69, 9.17) is 5.73 Å². The van der Waals surface area contributed by atoms with E-state index in [1.807, 2.05) is 12.1 Å². The van der Waals surface area contributed by atoms with E-state index in [2.05, 4.69) is 24.5 Å². The number of rotatable bonds is 5. The van der Waals surface area contributed by atoms with E-state index in [1.54, 1.807) is 19.1 Å². The van der Waals surface area contributed by atoms with Gasteiger partial charge in [-0.3, -0.25) is 10.2 Å². The first-order chi connectivity index (χ1) is 8.02. The number of carbonyl (C=O) groups is 1. The molecule has 1 rings (SSSR count). The highest BCUT2D eigenvalue weighted by Gasteiger charge is 2.14. The van der Waals surface area contributed by atoms with Gasteiger partial charge in [0.25, 0.3) is 5.91 Å². The van der Waals surface area contributed by atoms with E-state index in [1.165, 1.54) is 5.56 Å². The van der Waals surface area contributed by atoms with Crippen LogP contribution in [0.15, 0.2) is 24.3 Å². The first-order valence-corrected chi connectivity index (χ1v) is 5.84. The predicted octanol–water partition coefficient (Wildman–Crippen LogP) is 0.712. The lowest BCUT2D eigenvalue weighted by molar-refractivity contribution is -0.126. The molecule has 0 bridgehead atoms. The Bertz CT molecular complexity index is 359. The van der Waals surface area contributed by atoms with Crippen LogP contribution in [0, 0.1) is 0 Å². The first-order valence-electron chi connectivity index (χ1n) is 5.84. The second kappa shape index (κ2) is 6.37. The summed E-state index contributed by atoms with van der Waals surface area (Å²) in [7, 11) is 3.53. The van der Waals surface area contributed by atoms with Gasteiger partial charge >= 0.3 is 0 Å². The maximum atomic E-state index is 11.6. The first kappa shape index (κ1) is 13.7. The Kier molecular flexibility index (Phi) is 5.12. The van der Waals surface area contributed by atoms with Crippen LogP contribution >= 0.6 is 0 Å². The van der Waals surface area contributed by atoms with Gasteiger partial charge in [0.1, 0.15) is 0 Å². The van der Waals surface area contributed by atoms with Gasteiger partial charge in [-0.2, -0.15) is 0 Å². The number of nitrogens with one attached hydrogen (secondary N) is 1. The number of benzene rings is 1. The van der Waals surface area contributed by atoms with E-state index in [-0.39, 0.29) is 5.91 Å². The average Bonchev–Trinajstić information content (AvgIpc) is 2.29. The van der Waals surface area contributed by atoms with Gasteiger partial charge in [-0.15, -0.1) is 0 Å². The lowest BCUT2D eigenvalue weighted by Gasteiger charge is -2.16. The van der Waals surface area contributed by atoms with Crippen LogP contribution in [0.25, 0.3) is 0 Å². The Morgan fingerprint density at radius 1 is 1.29 bits per heavy atom. The van der Waals surface area contributed by atoms with Crippen LogP contribution in [-0.2, 0) is 17.6 Å². The molecule has 0 saturated heterocycles. The summed E-state index contributed by atoms with van der Waals surface area (Å²) in [4.78, 5) is 11.6. The fraction of sp³-hybridized carbons (Fsp3) is 0.462. The number of nitrogens with zero attached hydrogens (tertiary/aromatic N) is 1. The lowest BCUT2D eigenvalue weighted by atomic mass is 10.0. The van der Waals surface area contributed by atoms with Gasteiger partial charge in [-0.05, 0) is 24.0 Å². The summed E-state index contributed by atoms with van der Waals surface area (Å²) in [6.07, 6.45) is 1.58. The van der Waals surface area contributed by atoms with Crippen molar-refractivity contribution in [3.05, 3.63) is 35.4 Å². The van der Waals surface area contributed by atoms with Gasteiger partial charge in [0.05, 0.1) is 6.04 Å². The van der Waals surface area contributed by atoms with Gasteiger partial charge in [-0.1, -0.05) is 31.2 Å². The smallest absolute Gasteiger partial charge is 0.251 e. The Morgan fingerprint density at radius 2 is 1.82 bits per heavy atom. The SMILES string of the molecule is CCc1ccc(CC(N)C(=O)NN(C)C)cc1. The highest BCUT2D eigenvalue weighted by atomic mass is 16.2. The zero-order chi connectivity index (χ0) is 12.8. The van der Waals surface area contributed by atoms with Gasteiger partial charge in [0.15, 0.2) is 0 Å². The largest absolute Gasteiger partial charge is 0.320 e. The Balaban J connectivity index is 2.55. The molecule has 0 heterocycles. The molecule has 1 atom stereocenters. The molecule has 0 saturated carbocycles. The van der Waals surface area contributed by atoms with Crippen molar-refractivity contribution in [1.29, 1.82) is 0 Å². The molecule has 0 radical (unpaired) electrons. The lowest BCUT2D eigenvalue weighted by Crippen LogP contribution is -2.47. The summed E-state index contributed by atoms with van der Waals surface area (Å²) in [5, 5.41) is 1.60. The van der Waals surface area contributed by atoms with E-state index in [0.29, 0.717) is 6.42 Å². The summed E-state index contributed by atoms with van der Waals surface area (Å²) >= 11 is 0. The summed E-state index contributed by atoms with van der Waals surface area (Å²) < 4.78 is 0. The monoisotopic (exact) mass is 235 g/mol. The molecule has 3 N–H and O–H groups in total. The second-order valence-electron chi connectivity index (χ2n) is 4.35. The van der Waals surface area contributed by atoms with Crippen molar-refractivity contribution in [2.45, 2.75) is 25.8 Å². The molecular formula is C13H21N3O. The third kappa shape index (κ3) is 4.54. The van der Waals surface area contributed by atoms with Crippen molar-refractivity contribution in [2.75, 3.05) is 14.1 Å². The zero-order valence-electron chi connectivity index (χ0n) is 10.7. The van der Waals surface area contributed by atoms with Crippen molar-refractivity contribution in [3.8, 4) is 0 Å². The van der Waals surface area contributed by atoms with Gasteiger partial charge < -0.3 is 5.73 Å². The number of hydrazine groups is 1. The van der Waals surface area contributed by atoms with Gasteiger partial charge in [-0.25, -0.2) is 5.01 Å². The third-order valence-corrected chi connectivity index (χ3v) is 2.56. The van der Waals surface area contributed by atoms with Crippen LogP contribution in [0.1, 0.15) is 18.1 Å². The fourth-order valence-electron chi connectivity index (χ4n) is 1.56. The fourth-order valence-corrected chi connectivity index (χ4v) is 1.56. The third-order valence-electron chi connectivity index (χ3n) is 2.56. The number of nitrogens with two attached hydrogens (primary N) is 1. The molecule has 0 fully saturated rings. The molecule has 0 aromatic heterocycles. The molecule has 94 valence electrons. The van der Waals surface area contributed by atoms with Crippen LogP contribution < -0.4 is 11.2 Å². The molecule has 1 aromatic rings. The highest BCUT2D eigenvalue weighted by molar-refractivity contribution is 5.81. The van der Waals surface area contributed by atoms with Crippen molar-refractivity contribution < 1.29 is 4.79 Å². The Morgan fingerprint density at radius 3 is 2.29 bits per heavy atom. The normalized spacial score (nSPS) is 12.5. The molecule has 1 aromatic carbocycles. The van der Waals surface area contributed by atoms with Crippen LogP contribution in [0.2, 0.25) is 0 Å². The molecule has 0 aliphatic rings. The number of amides is 1. The minimum atomic E-state index is -0.509. The maximum Gasteiger partial charge on any atom is 0.251 e. The summed E-state index contributed by atoms with van der Waals surface area (Å²) in [5.41, 5.74) is 10.9. The Hall–Kier alpha value is -1.39. The van der Waals surface area contributed by atoms with E-state index in [9.17, 15) is 4.79 Å². The van der Waals surface area contributed by atoms with E-state index < -0.39 is 6.04 Å². The molecule has 4 nitrogen and oxygen atoms in total. The average molecular weight is 235 g/mol. The predicted molar refractivity (Wildman–Crippen MR) is 69.3 cm³/mol. The van der Waals surface area contributed by atoms with Gasteiger partial charge in [0.2, 0.25) is 0 Å². The number of hydrogen-bond acceptors (Lipinski definition) is 3. The van der Waals surface area contributed by atoms with E-state index in [0.717, 1.165) is 12.0 Å². The number of hydrogen-bond donors (Lipinski definition) is 2. The molecule has 0 spiro atoms. The molecule has 1 amide bonds. The molecule has 0 aliphatic carbocycles. The van der Waals surface area contributed by atoms with Crippen molar-refractivity contribution in [2.24, 2.45) is 5.73 Å². The van der Waals surface area contributed by atoms with Crippen LogP contribution in [-0.4, -0.2) is 31.1 Å². The summed E-state index contributed by atoms with van der Waals surface area (Å²) in [6.45, 7) is 2.12. The van der Waals surface area contributed by atoms with Crippen LogP contribution in [0.5, 0.6) is 0 Å². The topological polar surface area (TPSA) is 58.4 Å². The Labute approximate surface area is 103 Å². The van der Waals surface area contributed by atoms with Crippen LogP contribution in [0.3, 0.4) is 0 Å². The van der Waals surface area contributed by atoms with Crippen molar-refractivity contribution in [1.82, 2.24) is 10.4 Å². The van der Waals surface area contributed by atoms with Crippen molar-refractivity contribution >= 4 is 5.91 Å². The zero-order valence-corrected chi connectivity index (χ0v) is 10.7. The van der Waals surface area contributed by atoms with Crippen molar-refractivity contribution in [3.63, 3.8) is 0 Å². The molecule has 0 aliphatic heterocycles. The molecular weight excluding hydrogens is 214 g/mol.